The summed E-state index contributed by atoms with van der Waals surface area (Å²) in [5.41, 5.74) is 4.17. The van der Waals surface area contributed by atoms with Crippen LogP contribution in [0.2, 0.25) is 0 Å². The van der Waals surface area contributed by atoms with Crippen LogP contribution < -0.4 is 10.2 Å². The van der Waals surface area contributed by atoms with Gasteiger partial charge in [-0.2, -0.15) is 5.26 Å². The normalized spacial score (nSPS) is 14.6. The quantitative estimate of drug-likeness (QED) is 0.852. The lowest BCUT2D eigenvalue weighted by Gasteiger charge is -2.34. The molecule has 0 aromatic heterocycles. The molecule has 2 aromatic carbocycles. The molecule has 0 atom stereocenters. The number of nitriles is 1. The third kappa shape index (κ3) is 3.80. The Hall–Kier alpha value is -3.00. The van der Waals surface area contributed by atoms with Crippen molar-refractivity contribution in [2.75, 3.05) is 30.4 Å². The lowest BCUT2D eigenvalue weighted by molar-refractivity contribution is 0.0600. The molecule has 3 rings (SSSR count). The van der Waals surface area contributed by atoms with Crippen LogP contribution in [0.25, 0.3) is 0 Å². The van der Waals surface area contributed by atoms with Gasteiger partial charge in [-0.15, -0.1) is 0 Å². The average molecular weight is 349 g/mol. The number of carbonyl (C=O) groups is 1. The van der Waals surface area contributed by atoms with Gasteiger partial charge in [0.05, 0.1) is 23.9 Å². The van der Waals surface area contributed by atoms with Gasteiger partial charge in [-0.25, -0.2) is 4.79 Å². The first-order chi connectivity index (χ1) is 12.6. The molecule has 134 valence electrons. The first kappa shape index (κ1) is 17.8. The molecule has 0 unspecified atom stereocenters. The third-order valence-corrected chi connectivity index (χ3v) is 4.87. The molecule has 0 saturated carbocycles. The molecule has 2 aromatic rings. The zero-order valence-corrected chi connectivity index (χ0v) is 15.2. The van der Waals surface area contributed by atoms with Gasteiger partial charge in [0.2, 0.25) is 0 Å². The Morgan fingerprint density at radius 3 is 2.65 bits per heavy atom. The van der Waals surface area contributed by atoms with Gasteiger partial charge in [-0.1, -0.05) is 18.2 Å². The fourth-order valence-electron chi connectivity index (χ4n) is 3.39. The van der Waals surface area contributed by atoms with Crippen molar-refractivity contribution in [1.29, 1.82) is 5.26 Å². The second kappa shape index (κ2) is 7.92. The highest BCUT2D eigenvalue weighted by molar-refractivity contribution is 5.92. The molecule has 0 bridgehead atoms. The Morgan fingerprint density at radius 1 is 1.23 bits per heavy atom. The van der Waals surface area contributed by atoms with E-state index in [9.17, 15) is 10.1 Å². The number of carbonyl (C=O) groups excluding carboxylic acids is 1. The van der Waals surface area contributed by atoms with E-state index in [1.807, 2.05) is 49.4 Å². The summed E-state index contributed by atoms with van der Waals surface area (Å²) in [7, 11) is 1.40. The molecule has 5 heteroatoms. The van der Waals surface area contributed by atoms with Crippen molar-refractivity contribution in [1.82, 2.24) is 0 Å². The number of benzene rings is 2. The molecule has 26 heavy (non-hydrogen) atoms. The summed E-state index contributed by atoms with van der Waals surface area (Å²) in [5, 5.41) is 12.8. The fourth-order valence-corrected chi connectivity index (χ4v) is 3.39. The van der Waals surface area contributed by atoms with Crippen molar-refractivity contribution in [2.45, 2.75) is 25.8 Å². The first-order valence-corrected chi connectivity index (χ1v) is 8.82. The van der Waals surface area contributed by atoms with Crippen molar-refractivity contribution in [3.8, 4) is 6.07 Å². The number of para-hydroxylation sites is 1. The van der Waals surface area contributed by atoms with Crippen molar-refractivity contribution in [3.05, 3.63) is 59.2 Å². The summed E-state index contributed by atoms with van der Waals surface area (Å²) in [6.45, 7) is 3.69. The SMILES string of the molecule is COC(=O)c1cc(NC2CCN(c3ccccc3C#N)CC2)ccc1C. The Balaban J connectivity index is 1.64. The highest BCUT2D eigenvalue weighted by atomic mass is 16.5. The third-order valence-electron chi connectivity index (χ3n) is 4.87. The number of esters is 1. The monoisotopic (exact) mass is 349 g/mol. The van der Waals surface area contributed by atoms with Gasteiger partial charge in [-0.3, -0.25) is 0 Å². The van der Waals surface area contributed by atoms with Crippen molar-refractivity contribution >= 4 is 17.3 Å². The number of ether oxygens (including phenoxy) is 1. The molecular formula is C21H23N3O2. The number of nitrogens with zero attached hydrogens (tertiary/aromatic N) is 2. The summed E-state index contributed by atoms with van der Waals surface area (Å²) in [5.74, 6) is -0.311. The van der Waals surface area contributed by atoms with Crippen LogP contribution in [0.5, 0.6) is 0 Å². The summed E-state index contributed by atoms with van der Waals surface area (Å²) < 4.78 is 4.85. The van der Waals surface area contributed by atoms with Gasteiger partial charge < -0.3 is 15.0 Å². The van der Waals surface area contributed by atoms with Crippen LogP contribution in [0.1, 0.15) is 34.3 Å². The van der Waals surface area contributed by atoms with Gasteiger partial charge in [0.1, 0.15) is 6.07 Å². The van der Waals surface area contributed by atoms with E-state index in [2.05, 4.69) is 16.3 Å². The molecule has 1 fully saturated rings. The Morgan fingerprint density at radius 2 is 1.96 bits per heavy atom. The van der Waals surface area contributed by atoms with E-state index in [0.717, 1.165) is 48.4 Å². The smallest absolute Gasteiger partial charge is 0.338 e. The largest absolute Gasteiger partial charge is 0.465 e. The molecular weight excluding hydrogens is 326 g/mol. The minimum atomic E-state index is -0.311. The van der Waals surface area contributed by atoms with E-state index in [1.165, 1.54) is 7.11 Å². The van der Waals surface area contributed by atoms with Gasteiger partial charge in [0.25, 0.3) is 0 Å². The van der Waals surface area contributed by atoms with Gasteiger partial charge in [0, 0.05) is 24.8 Å². The van der Waals surface area contributed by atoms with E-state index in [1.54, 1.807) is 0 Å². The van der Waals surface area contributed by atoms with Crippen LogP contribution in [0, 0.1) is 18.3 Å². The maximum absolute atomic E-state index is 11.9. The number of nitrogens with one attached hydrogen (secondary N) is 1. The molecule has 1 saturated heterocycles. The predicted molar refractivity (Wildman–Crippen MR) is 103 cm³/mol. The zero-order chi connectivity index (χ0) is 18.5. The average Bonchev–Trinajstić information content (AvgIpc) is 2.69. The topological polar surface area (TPSA) is 65.4 Å². The second-order valence-corrected chi connectivity index (χ2v) is 6.56. The van der Waals surface area contributed by atoms with Gasteiger partial charge in [0.15, 0.2) is 0 Å². The predicted octanol–water partition coefficient (Wildman–Crippen LogP) is 3.73. The number of rotatable bonds is 4. The number of anilines is 2. The second-order valence-electron chi connectivity index (χ2n) is 6.56. The molecule has 0 aliphatic carbocycles. The van der Waals surface area contributed by atoms with E-state index in [4.69, 9.17) is 4.74 Å². The van der Waals surface area contributed by atoms with Crippen LogP contribution in [-0.4, -0.2) is 32.2 Å². The zero-order valence-electron chi connectivity index (χ0n) is 15.2. The van der Waals surface area contributed by atoms with Crippen LogP contribution in [0.3, 0.4) is 0 Å². The number of hydrogen-bond acceptors (Lipinski definition) is 5. The minimum Gasteiger partial charge on any atom is -0.465 e. The fraction of sp³-hybridized carbons (Fsp3) is 0.333. The Labute approximate surface area is 154 Å². The minimum absolute atomic E-state index is 0.311. The Kier molecular flexibility index (Phi) is 5.43. The van der Waals surface area contributed by atoms with E-state index >= 15 is 0 Å². The summed E-state index contributed by atoms with van der Waals surface area (Å²) in [6, 6.07) is 16.1. The number of aryl methyl sites for hydroxylation is 1. The van der Waals surface area contributed by atoms with E-state index < -0.39 is 0 Å². The lowest BCUT2D eigenvalue weighted by Crippen LogP contribution is -2.39. The lowest BCUT2D eigenvalue weighted by atomic mass is 10.0. The number of methoxy groups -OCH3 is 1. The molecule has 1 aliphatic heterocycles. The maximum Gasteiger partial charge on any atom is 0.338 e. The van der Waals surface area contributed by atoms with Gasteiger partial charge >= 0.3 is 5.97 Å². The highest BCUT2D eigenvalue weighted by Crippen LogP contribution is 2.25. The van der Waals surface area contributed by atoms with Crippen molar-refractivity contribution in [2.24, 2.45) is 0 Å². The van der Waals surface area contributed by atoms with Crippen LogP contribution in [0.15, 0.2) is 42.5 Å². The first-order valence-electron chi connectivity index (χ1n) is 8.82. The van der Waals surface area contributed by atoms with E-state index in [0.29, 0.717) is 11.6 Å². The maximum atomic E-state index is 11.9. The summed E-state index contributed by atoms with van der Waals surface area (Å²) in [4.78, 5) is 14.1. The molecule has 0 amide bonds. The van der Waals surface area contributed by atoms with Gasteiger partial charge in [-0.05, 0) is 49.6 Å². The molecule has 0 radical (unpaired) electrons. The summed E-state index contributed by atoms with van der Waals surface area (Å²) in [6.07, 6.45) is 1.95. The van der Waals surface area contributed by atoms with E-state index in [-0.39, 0.29) is 5.97 Å². The molecule has 1 heterocycles. The number of hydrogen-bond donors (Lipinski definition) is 1. The Bertz CT molecular complexity index is 833. The molecule has 0 spiro atoms. The standard InChI is InChI=1S/C21H23N3O2/c1-15-7-8-18(13-19(15)21(25)26-2)23-17-9-11-24(12-10-17)20-6-4-3-5-16(20)14-22/h3-8,13,17,23H,9-12H2,1-2H3. The van der Waals surface area contributed by atoms with Crippen LogP contribution in [-0.2, 0) is 4.74 Å². The number of piperidine rings is 1. The molecule has 5 nitrogen and oxygen atoms in total. The van der Waals surface area contributed by atoms with Crippen molar-refractivity contribution in [3.63, 3.8) is 0 Å². The molecule has 1 N–H and O–H groups in total. The van der Waals surface area contributed by atoms with Crippen LogP contribution >= 0.6 is 0 Å². The van der Waals surface area contributed by atoms with Crippen LogP contribution in [0.4, 0.5) is 11.4 Å². The highest BCUT2D eigenvalue weighted by Gasteiger charge is 2.21. The molecule has 1 aliphatic rings. The summed E-state index contributed by atoms with van der Waals surface area (Å²) >= 11 is 0. The van der Waals surface area contributed by atoms with Crippen molar-refractivity contribution < 1.29 is 9.53 Å².